The van der Waals surface area contributed by atoms with Crippen molar-refractivity contribution in [2.75, 3.05) is 20.2 Å². The van der Waals surface area contributed by atoms with Crippen LogP contribution >= 0.6 is 0 Å². The number of methoxy groups -OCH3 is 1. The highest BCUT2D eigenvalue weighted by Crippen LogP contribution is 2.38. The van der Waals surface area contributed by atoms with E-state index in [0.29, 0.717) is 6.42 Å². The fraction of sp³-hybridized carbons (Fsp3) is 0.600. The molecular weight excluding hydrogens is 245 g/mol. The highest BCUT2D eigenvalue weighted by molar-refractivity contribution is 5.30. The Morgan fingerprint density at radius 1 is 1.47 bits per heavy atom. The van der Waals surface area contributed by atoms with Gasteiger partial charge in [0.25, 0.3) is 0 Å². The average molecular weight is 265 g/mol. The van der Waals surface area contributed by atoms with Crippen molar-refractivity contribution in [3.05, 3.63) is 29.6 Å². The van der Waals surface area contributed by atoms with Crippen LogP contribution in [0.25, 0.3) is 0 Å². The lowest BCUT2D eigenvalue weighted by Crippen LogP contribution is -2.43. The summed E-state index contributed by atoms with van der Waals surface area (Å²) in [5, 5.41) is 10.8. The maximum atomic E-state index is 13.7. The van der Waals surface area contributed by atoms with Crippen molar-refractivity contribution in [3.8, 4) is 5.75 Å². The summed E-state index contributed by atoms with van der Waals surface area (Å²) in [6.07, 6.45) is 3.51. The highest BCUT2D eigenvalue weighted by atomic mass is 19.1. The summed E-state index contributed by atoms with van der Waals surface area (Å²) in [7, 11) is 1.46. The monoisotopic (exact) mass is 265 g/mol. The minimum atomic E-state index is -0.697. The van der Waals surface area contributed by atoms with E-state index in [1.165, 1.54) is 13.2 Å². The van der Waals surface area contributed by atoms with Gasteiger partial charge in [-0.1, -0.05) is 6.07 Å². The number of nitrogens with zero attached hydrogens (tertiary/aromatic N) is 1. The van der Waals surface area contributed by atoms with Crippen molar-refractivity contribution in [3.63, 3.8) is 0 Å². The van der Waals surface area contributed by atoms with Gasteiger partial charge in [-0.05, 0) is 43.5 Å². The van der Waals surface area contributed by atoms with Gasteiger partial charge in [0.05, 0.1) is 12.7 Å². The van der Waals surface area contributed by atoms with Crippen LogP contribution < -0.4 is 4.74 Å². The zero-order valence-electron chi connectivity index (χ0n) is 11.2. The Kier molecular flexibility index (Phi) is 3.23. The van der Waals surface area contributed by atoms with Gasteiger partial charge in [-0.3, -0.25) is 4.90 Å². The summed E-state index contributed by atoms with van der Waals surface area (Å²) in [5.41, 5.74) is 0.145. The van der Waals surface area contributed by atoms with E-state index < -0.39 is 5.60 Å². The molecule has 2 heterocycles. The molecule has 2 saturated heterocycles. The summed E-state index contributed by atoms with van der Waals surface area (Å²) < 4.78 is 18.6. The van der Waals surface area contributed by atoms with Crippen LogP contribution in [0.1, 0.15) is 24.8 Å². The Balaban J connectivity index is 1.79. The van der Waals surface area contributed by atoms with E-state index >= 15 is 0 Å². The van der Waals surface area contributed by atoms with E-state index in [1.54, 1.807) is 6.07 Å². The van der Waals surface area contributed by atoms with Crippen molar-refractivity contribution in [1.29, 1.82) is 0 Å². The molecule has 0 saturated carbocycles. The lowest BCUT2D eigenvalue weighted by Gasteiger charge is -2.30. The Bertz CT molecular complexity index is 479. The molecule has 1 aromatic rings. The second-order valence-corrected chi connectivity index (χ2v) is 5.69. The van der Waals surface area contributed by atoms with E-state index in [2.05, 4.69) is 4.90 Å². The first-order valence-corrected chi connectivity index (χ1v) is 6.91. The van der Waals surface area contributed by atoms with Crippen LogP contribution in [0.3, 0.4) is 0 Å². The number of hydrogen-bond donors (Lipinski definition) is 1. The molecule has 2 fully saturated rings. The Morgan fingerprint density at radius 3 is 3.05 bits per heavy atom. The van der Waals surface area contributed by atoms with E-state index in [9.17, 15) is 9.50 Å². The van der Waals surface area contributed by atoms with Gasteiger partial charge in [-0.2, -0.15) is 0 Å². The third-order valence-corrected chi connectivity index (χ3v) is 4.54. The number of aliphatic hydroxyl groups is 1. The van der Waals surface area contributed by atoms with Crippen LogP contribution in [0.2, 0.25) is 0 Å². The molecule has 2 aliphatic heterocycles. The number of fused-ring (bicyclic) bond motifs is 1. The summed E-state index contributed by atoms with van der Waals surface area (Å²) in [4.78, 5) is 2.36. The predicted octanol–water partition coefficient (Wildman–Crippen LogP) is 1.98. The zero-order valence-corrected chi connectivity index (χ0v) is 11.2. The minimum Gasteiger partial charge on any atom is -0.494 e. The molecule has 2 atom stereocenters. The summed E-state index contributed by atoms with van der Waals surface area (Å²) >= 11 is 0. The normalized spacial score (nSPS) is 30.6. The third-order valence-electron chi connectivity index (χ3n) is 4.54. The van der Waals surface area contributed by atoms with Crippen molar-refractivity contribution in [2.45, 2.75) is 37.3 Å². The van der Waals surface area contributed by atoms with Gasteiger partial charge < -0.3 is 9.84 Å². The first-order chi connectivity index (χ1) is 9.12. The topological polar surface area (TPSA) is 32.7 Å². The number of benzene rings is 1. The molecule has 0 spiro atoms. The van der Waals surface area contributed by atoms with Crippen LogP contribution in [0, 0.1) is 5.82 Å². The first kappa shape index (κ1) is 12.9. The molecule has 19 heavy (non-hydrogen) atoms. The maximum Gasteiger partial charge on any atom is 0.165 e. The van der Waals surface area contributed by atoms with Gasteiger partial charge in [-0.15, -0.1) is 0 Å². The highest BCUT2D eigenvalue weighted by Gasteiger charge is 2.47. The summed E-state index contributed by atoms with van der Waals surface area (Å²) in [6, 6.07) is 5.21. The molecule has 0 aromatic heterocycles. The van der Waals surface area contributed by atoms with Crippen LogP contribution in [0.15, 0.2) is 18.2 Å². The second kappa shape index (κ2) is 4.76. The van der Waals surface area contributed by atoms with Gasteiger partial charge in [0.1, 0.15) is 0 Å². The molecule has 0 amide bonds. The molecule has 0 bridgehead atoms. The van der Waals surface area contributed by atoms with Crippen LogP contribution in [-0.2, 0) is 6.42 Å². The number of rotatable bonds is 3. The molecule has 0 radical (unpaired) electrons. The number of ether oxygens (including phenoxy) is 1. The van der Waals surface area contributed by atoms with Crippen LogP contribution in [-0.4, -0.2) is 41.8 Å². The molecule has 4 heteroatoms. The largest absolute Gasteiger partial charge is 0.494 e. The van der Waals surface area contributed by atoms with Gasteiger partial charge >= 0.3 is 0 Å². The van der Waals surface area contributed by atoms with E-state index in [0.717, 1.165) is 37.9 Å². The molecule has 1 N–H and O–H groups in total. The smallest absolute Gasteiger partial charge is 0.165 e. The lowest BCUT2D eigenvalue weighted by atomic mass is 9.86. The van der Waals surface area contributed by atoms with Crippen molar-refractivity contribution in [2.24, 2.45) is 0 Å². The number of halogens is 1. The summed E-state index contributed by atoms with van der Waals surface area (Å²) in [6.45, 7) is 2.05. The molecule has 3 rings (SSSR count). The van der Waals surface area contributed by atoms with Crippen molar-refractivity contribution in [1.82, 2.24) is 4.90 Å². The Hall–Kier alpha value is -1.13. The third kappa shape index (κ3) is 2.23. The Morgan fingerprint density at radius 2 is 2.32 bits per heavy atom. The Labute approximate surface area is 113 Å². The van der Waals surface area contributed by atoms with Gasteiger partial charge in [0.15, 0.2) is 11.6 Å². The van der Waals surface area contributed by atoms with Gasteiger partial charge in [0, 0.05) is 19.0 Å². The minimum absolute atomic E-state index is 0.248. The average Bonchev–Trinajstić information content (AvgIpc) is 2.95. The van der Waals surface area contributed by atoms with Crippen LogP contribution in [0.5, 0.6) is 5.75 Å². The van der Waals surface area contributed by atoms with Crippen molar-refractivity contribution >= 4 is 0 Å². The fourth-order valence-corrected chi connectivity index (χ4v) is 3.59. The molecule has 2 unspecified atom stereocenters. The van der Waals surface area contributed by atoms with Crippen molar-refractivity contribution < 1.29 is 14.2 Å². The van der Waals surface area contributed by atoms with E-state index in [-0.39, 0.29) is 17.6 Å². The van der Waals surface area contributed by atoms with Gasteiger partial charge in [0.2, 0.25) is 0 Å². The molecule has 2 aliphatic rings. The molecule has 1 aromatic carbocycles. The van der Waals surface area contributed by atoms with Crippen LogP contribution in [0.4, 0.5) is 4.39 Å². The van der Waals surface area contributed by atoms with Gasteiger partial charge in [-0.25, -0.2) is 4.39 Å². The molecular formula is C15H20FNO2. The summed E-state index contributed by atoms with van der Waals surface area (Å²) in [5.74, 6) is -0.102. The maximum absolute atomic E-state index is 13.7. The SMILES string of the molecule is COc1ccc(CC2(O)CCN3CCCC32)cc1F. The number of hydrogen-bond acceptors (Lipinski definition) is 3. The standard InChI is InChI=1S/C15H20FNO2/c1-19-13-5-4-11(9-12(13)16)10-15(18)6-8-17-7-2-3-14(15)17/h4-5,9,14,18H,2-3,6-8,10H2,1H3. The quantitative estimate of drug-likeness (QED) is 0.907. The fourth-order valence-electron chi connectivity index (χ4n) is 3.59. The second-order valence-electron chi connectivity index (χ2n) is 5.69. The zero-order chi connectivity index (χ0) is 13.5. The lowest BCUT2D eigenvalue weighted by molar-refractivity contribution is 0.0140. The van der Waals surface area contributed by atoms with E-state index in [1.807, 2.05) is 6.07 Å². The van der Waals surface area contributed by atoms with E-state index in [4.69, 9.17) is 4.74 Å². The first-order valence-electron chi connectivity index (χ1n) is 6.91. The molecule has 3 nitrogen and oxygen atoms in total. The molecule has 0 aliphatic carbocycles. The predicted molar refractivity (Wildman–Crippen MR) is 70.8 cm³/mol. The molecule has 104 valence electrons.